The van der Waals surface area contributed by atoms with Gasteiger partial charge in [-0.1, -0.05) is 25.1 Å². The van der Waals surface area contributed by atoms with E-state index in [0.717, 1.165) is 44.2 Å². The fourth-order valence-corrected chi connectivity index (χ4v) is 3.08. The first-order chi connectivity index (χ1) is 10.7. The van der Waals surface area contributed by atoms with Crippen molar-refractivity contribution in [2.75, 3.05) is 44.2 Å². The molecule has 1 aromatic carbocycles. The minimum atomic E-state index is -0.354. The van der Waals surface area contributed by atoms with Gasteiger partial charge in [-0.05, 0) is 50.4 Å². The van der Waals surface area contributed by atoms with Gasteiger partial charge >= 0.3 is 0 Å². The van der Waals surface area contributed by atoms with E-state index in [4.69, 9.17) is 5.11 Å². The van der Waals surface area contributed by atoms with Crippen molar-refractivity contribution >= 4 is 5.69 Å². The molecule has 1 aliphatic rings. The van der Waals surface area contributed by atoms with E-state index < -0.39 is 0 Å². The minimum Gasteiger partial charge on any atom is -0.396 e. The Labute approximate surface area is 134 Å². The van der Waals surface area contributed by atoms with Crippen LogP contribution in [0.15, 0.2) is 30.3 Å². The van der Waals surface area contributed by atoms with E-state index in [1.54, 1.807) is 0 Å². The van der Waals surface area contributed by atoms with Crippen LogP contribution in [0.4, 0.5) is 5.69 Å². The number of anilines is 1. The Balaban J connectivity index is 1.86. The monoisotopic (exact) mass is 306 g/mol. The maximum absolute atomic E-state index is 10.5. The van der Waals surface area contributed by atoms with E-state index in [2.05, 4.69) is 28.9 Å². The number of para-hydroxylation sites is 1. The van der Waals surface area contributed by atoms with E-state index in [1.165, 1.54) is 12.8 Å². The average molecular weight is 306 g/mol. The van der Waals surface area contributed by atoms with Gasteiger partial charge in [0.1, 0.15) is 0 Å². The molecule has 1 heterocycles. The highest BCUT2D eigenvalue weighted by Crippen LogP contribution is 2.17. The topological polar surface area (TPSA) is 46.9 Å². The van der Waals surface area contributed by atoms with Crippen LogP contribution in [0.1, 0.15) is 26.2 Å². The van der Waals surface area contributed by atoms with Crippen molar-refractivity contribution in [1.29, 1.82) is 0 Å². The molecule has 4 heteroatoms. The van der Waals surface area contributed by atoms with Crippen LogP contribution in [0.3, 0.4) is 0 Å². The Morgan fingerprint density at radius 1 is 1.23 bits per heavy atom. The maximum Gasteiger partial charge on any atom is 0.0841 e. The van der Waals surface area contributed by atoms with Gasteiger partial charge in [0, 0.05) is 31.9 Å². The van der Waals surface area contributed by atoms with Gasteiger partial charge < -0.3 is 20.0 Å². The second-order valence-corrected chi connectivity index (χ2v) is 6.50. The normalized spacial score (nSPS) is 18.3. The van der Waals surface area contributed by atoms with Crippen molar-refractivity contribution < 1.29 is 10.2 Å². The number of hydrogen-bond acceptors (Lipinski definition) is 4. The summed E-state index contributed by atoms with van der Waals surface area (Å²) in [5, 5.41) is 19.5. The predicted molar refractivity (Wildman–Crippen MR) is 91.2 cm³/mol. The molecular formula is C18H30N2O2. The van der Waals surface area contributed by atoms with Crippen molar-refractivity contribution in [2.45, 2.75) is 32.3 Å². The van der Waals surface area contributed by atoms with Gasteiger partial charge in [-0.2, -0.15) is 0 Å². The number of likely N-dealkylation sites (tertiary alicyclic amines) is 1. The average Bonchev–Trinajstić information content (AvgIpc) is 2.54. The Morgan fingerprint density at radius 2 is 1.91 bits per heavy atom. The number of aliphatic hydroxyl groups is 2. The van der Waals surface area contributed by atoms with Crippen LogP contribution in [0.25, 0.3) is 0 Å². The zero-order valence-corrected chi connectivity index (χ0v) is 13.7. The molecule has 2 rings (SSSR count). The first-order valence-corrected chi connectivity index (χ1v) is 8.50. The van der Waals surface area contributed by atoms with Gasteiger partial charge in [-0.3, -0.25) is 0 Å². The molecule has 0 aliphatic carbocycles. The van der Waals surface area contributed by atoms with Gasteiger partial charge in [0.25, 0.3) is 0 Å². The van der Waals surface area contributed by atoms with Gasteiger partial charge in [0.05, 0.1) is 6.10 Å². The number of nitrogens with zero attached hydrogens (tertiary/aromatic N) is 2. The summed E-state index contributed by atoms with van der Waals surface area (Å²) in [5.41, 5.74) is 1.11. The number of β-amino-alcohol motifs (C(OH)–C–C–N with tert-alkyl or cyclic N) is 1. The zero-order chi connectivity index (χ0) is 15.8. The molecule has 1 fully saturated rings. The van der Waals surface area contributed by atoms with Crippen LogP contribution in [-0.4, -0.2) is 60.5 Å². The van der Waals surface area contributed by atoms with E-state index >= 15 is 0 Å². The van der Waals surface area contributed by atoms with Crippen molar-refractivity contribution in [3.05, 3.63) is 30.3 Å². The number of aliphatic hydroxyl groups excluding tert-OH is 2. The third kappa shape index (κ3) is 5.59. The second kappa shape index (κ2) is 9.13. The fraction of sp³-hybridized carbons (Fsp3) is 0.667. The van der Waals surface area contributed by atoms with Gasteiger partial charge in [-0.25, -0.2) is 0 Å². The quantitative estimate of drug-likeness (QED) is 0.771. The van der Waals surface area contributed by atoms with Crippen LogP contribution >= 0.6 is 0 Å². The highest BCUT2D eigenvalue weighted by atomic mass is 16.3. The summed E-state index contributed by atoms with van der Waals surface area (Å²) in [4.78, 5) is 4.55. The molecule has 124 valence electrons. The molecule has 1 aliphatic heterocycles. The lowest BCUT2D eigenvalue weighted by Gasteiger charge is -2.33. The number of piperidine rings is 1. The van der Waals surface area contributed by atoms with Crippen LogP contribution in [0.5, 0.6) is 0 Å². The molecule has 1 atom stereocenters. The van der Waals surface area contributed by atoms with E-state index in [1.807, 2.05) is 18.2 Å². The molecule has 1 unspecified atom stereocenters. The fourth-order valence-electron chi connectivity index (χ4n) is 3.08. The molecule has 0 aromatic heterocycles. The van der Waals surface area contributed by atoms with Crippen LogP contribution in [0, 0.1) is 5.92 Å². The zero-order valence-electron chi connectivity index (χ0n) is 13.7. The molecule has 22 heavy (non-hydrogen) atoms. The largest absolute Gasteiger partial charge is 0.396 e. The molecule has 4 nitrogen and oxygen atoms in total. The summed E-state index contributed by atoms with van der Waals surface area (Å²) in [7, 11) is 0. The molecule has 1 saturated heterocycles. The third-order valence-corrected chi connectivity index (χ3v) is 4.48. The maximum atomic E-state index is 10.5. The van der Waals surface area contributed by atoms with Crippen molar-refractivity contribution in [1.82, 2.24) is 4.90 Å². The van der Waals surface area contributed by atoms with Crippen LogP contribution in [-0.2, 0) is 0 Å². The number of benzene rings is 1. The van der Waals surface area contributed by atoms with Crippen molar-refractivity contribution in [2.24, 2.45) is 5.92 Å². The molecule has 0 spiro atoms. The van der Waals surface area contributed by atoms with E-state index in [0.29, 0.717) is 6.54 Å². The first kappa shape index (κ1) is 17.3. The SMILES string of the molecule is CC1CCN(CC(O)CN(CCCO)c2ccccc2)CC1. The Hall–Kier alpha value is -1.10. The Morgan fingerprint density at radius 3 is 2.55 bits per heavy atom. The molecule has 0 radical (unpaired) electrons. The third-order valence-electron chi connectivity index (χ3n) is 4.48. The van der Waals surface area contributed by atoms with Crippen molar-refractivity contribution in [3.63, 3.8) is 0 Å². The summed E-state index contributed by atoms with van der Waals surface area (Å²) < 4.78 is 0. The second-order valence-electron chi connectivity index (χ2n) is 6.50. The molecular weight excluding hydrogens is 276 g/mol. The molecule has 2 N–H and O–H groups in total. The summed E-state index contributed by atoms with van der Waals surface area (Å²) in [6, 6.07) is 10.2. The standard InChI is InChI=1S/C18H30N2O2/c1-16-8-11-19(12-9-16)14-18(22)15-20(10-5-13-21)17-6-3-2-4-7-17/h2-4,6-7,16,18,21-22H,5,8-15H2,1H3. The molecule has 0 bridgehead atoms. The molecule has 0 saturated carbocycles. The lowest BCUT2D eigenvalue weighted by Crippen LogP contribution is -2.43. The number of rotatable bonds is 8. The predicted octanol–water partition coefficient (Wildman–Crippen LogP) is 1.97. The highest BCUT2D eigenvalue weighted by Gasteiger charge is 2.20. The summed E-state index contributed by atoms with van der Waals surface area (Å²) in [6.07, 6.45) is 2.84. The van der Waals surface area contributed by atoms with E-state index in [9.17, 15) is 5.11 Å². The van der Waals surface area contributed by atoms with Crippen molar-refractivity contribution in [3.8, 4) is 0 Å². The van der Waals surface area contributed by atoms with Gasteiger partial charge in [0.15, 0.2) is 0 Å². The molecule has 0 amide bonds. The lowest BCUT2D eigenvalue weighted by molar-refractivity contribution is 0.0948. The Bertz CT molecular complexity index is 405. The van der Waals surface area contributed by atoms with E-state index in [-0.39, 0.29) is 12.7 Å². The first-order valence-electron chi connectivity index (χ1n) is 8.50. The minimum absolute atomic E-state index is 0.184. The summed E-state index contributed by atoms with van der Waals surface area (Å²) >= 11 is 0. The smallest absolute Gasteiger partial charge is 0.0841 e. The highest BCUT2D eigenvalue weighted by molar-refractivity contribution is 5.46. The summed E-state index contributed by atoms with van der Waals surface area (Å²) in [6.45, 7) is 6.82. The lowest BCUT2D eigenvalue weighted by atomic mass is 9.99. The number of hydrogen-bond donors (Lipinski definition) is 2. The molecule has 1 aromatic rings. The Kier molecular flexibility index (Phi) is 7.16. The van der Waals surface area contributed by atoms with Crippen LogP contribution in [0.2, 0.25) is 0 Å². The van der Waals surface area contributed by atoms with Crippen LogP contribution < -0.4 is 4.90 Å². The van der Waals surface area contributed by atoms with Gasteiger partial charge in [0.2, 0.25) is 0 Å². The van der Waals surface area contributed by atoms with Gasteiger partial charge in [-0.15, -0.1) is 0 Å². The summed E-state index contributed by atoms with van der Waals surface area (Å²) in [5.74, 6) is 0.818.